The molecule has 0 aliphatic heterocycles. The van der Waals surface area contributed by atoms with Crippen LogP contribution in [0.4, 0.5) is 5.69 Å². The molecule has 0 heterocycles. The van der Waals surface area contributed by atoms with Crippen molar-refractivity contribution in [3.8, 4) is 11.5 Å². The lowest BCUT2D eigenvalue weighted by Crippen LogP contribution is -2.37. The van der Waals surface area contributed by atoms with Crippen molar-refractivity contribution in [2.45, 2.75) is 0 Å². The second-order valence-corrected chi connectivity index (χ2v) is 6.72. The van der Waals surface area contributed by atoms with Gasteiger partial charge >= 0.3 is 0 Å². The quantitative estimate of drug-likeness (QED) is 0.467. The van der Waals surface area contributed by atoms with Gasteiger partial charge in [-0.15, -0.1) is 0 Å². The first-order valence-corrected chi connectivity index (χ1v) is 8.55. The molecule has 2 aromatic rings. The van der Waals surface area contributed by atoms with Gasteiger partial charge in [0.25, 0.3) is 5.91 Å². The number of phenolic OH excluding ortho intramolecular Hbond substituents is 1. The third kappa shape index (κ3) is 5.80. The largest absolute Gasteiger partial charge is 0.505 e. The average molecular weight is 440 g/mol. The van der Waals surface area contributed by atoms with E-state index in [1.807, 2.05) is 0 Å². The number of anilines is 1. The predicted molar refractivity (Wildman–Crippen MR) is 104 cm³/mol. The number of nitrogens with one attached hydrogen (secondary N) is 2. The summed E-state index contributed by atoms with van der Waals surface area (Å²) in [5.74, 6) is -0.422. The molecule has 25 heavy (non-hydrogen) atoms. The molecule has 0 aliphatic rings. The summed E-state index contributed by atoms with van der Waals surface area (Å²) in [6, 6.07) is 7.46. The van der Waals surface area contributed by atoms with Gasteiger partial charge in [0.05, 0.1) is 15.1 Å². The van der Waals surface area contributed by atoms with Crippen molar-refractivity contribution >= 4 is 75.3 Å². The first-order chi connectivity index (χ1) is 11.8. The Morgan fingerprint density at radius 3 is 2.32 bits per heavy atom. The molecule has 10 heteroatoms. The molecule has 132 valence electrons. The van der Waals surface area contributed by atoms with Crippen LogP contribution < -0.4 is 15.4 Å². The van der Waals surface area contributed by atoms with Gasteiger partial charge in [-0.3, -0.25) is 10.1 Å². The Labute approximate surface area is 168 Å². The van der Waals surface area contributed by atoms with Crippen LogP contribution in [0.2, 0.25) is 20.1 Å². The molecule has 0 aromatic heterocycles. The average Bonchev–Trinajstić information content (AvgIpc) is 2.51. The van der Waals surface area contributed by atoms with E-state index in [0.717, 1.165) is 0 Å². The van der Waals surface area contributed by atoms with Gasteiger partial charge in [0.15, 0.2) is 17.5 Å². The Hall–Kier alpha value is -1.44. The Morgan fingerprint density at radius 1 is 1.08 bits per heavy atom. The van der Waals surface area contributed by atoms with Crippen LogP contribution in [0.1, 0.15) is 0 Å². The topological polar surface area (TPSA) is 70.6 Å². The molecule has 0 saturated heterocycles. The molecule has 0 fully saturated rings. The van der Waals surface area contributed by atoms with Crippen molar-refractivity contribution in [2.75, 3.05) is 11.9 Å². The minimum atomic E-state index is -0.500. The van der Waals surface area contributed by atoms with E-state index in [1.54, 1.807) is 12.1 Å². The molecular formula is C15H10Cl4N2O3S. The summed E-state index contributed by atoms with van der Waals surface area (Å²) in [4.78, 5) is 11.9. The second-order valence-electron chi connectivity index (χ2n) is 4.65. The highest BCUT2D eigenvalue weighted by atomic mass is 35.5. The first-order valence-electron chi connectivity index (χ1n) is 6.63. The van der Waals surface area contributed by atoms with E-state index in [9.17, 15) is 9.90 Å². The standard InChI is InChI=1S/C15H10Cl4N2O3S/c16-7-1-2-12(9(17)3-7)24-6-13(22)21-15(25)20-8-4-10(18)14(23)11(19)5-8/h1-5,23H,6H2,(H2,20,21,22,25). The fraction of sp³-hybridized carbons (Fsp3) is 0.0667. The molecule has 0 atom stereocenters. The summed E-state index contributed by atoms with van der Waals surface area (Å²) in [6.07, 6.45) is 0. The molecule has 0 bridgehead atoms. The number of phenols is 1. The minimum absolute atomic E-state index is 0.00799. The maximum absolute atomic E-state index is 11.9. The van der Waals surface area contributed by atoms with E-state index in [1.165, 1.54) is 18.2 Å². The molecule has 0 saturated carbocycles. The van der Waals surface area contributed by atoms with Crippen LogP contribution in [0.25, 0.3) is 0 Å². The Balaban J connectivity index is 1.89. The molecule has 2 rings (SSSR count). The SMILES string of the molecule is O=C(COc1ccc(Cl)cc1Cl)NC(=S)Nc1cc(Cl)c(O)c(Cl)c1. The first kappa shape index (κ1) is 19.9. The highest BCUT2D eigenvalue weighted by molar-refractivity contribution is 7.80. The molecule has 5 nitrogen and oxygen atoms in total. The Kier molecular flexibility index (Phi) is 6.98. The lowest BCUT2D eigenvalue weighted by Gasteiger charge is -2.12. The number of benzene rings is 2. The number of amides is 1. The maximum atomic E-state index is 11.9. The summed E-state index contributed by atoms with van der Waals surface area (Å²) in [6.45, 7) is -0.305. The van der Waals surface area contributed by atoms with Gasteiger partial charge in [0, 0.05) is 10.7 Å². The smallest absolute Gasteiger partial charge is 0.264 e. The van der Waals surface area contributed by atoms with Crippen LogP contribution in [0.3, 0.4) is 0 Å². The summed E-state index contributed by atoms with van der Waals surface area (Å²) < 4.78 is 5.29. The van der Waals surface area contributed by atoms with Crippen LogP contribution in [0.5, 0.6) is 11.5 Å². The van der Waals surface area contributed by atoms with Crippen molar-refractivity contribution < 1.29 is 14.6 Å². The van der Waals surface area contributed by atoms with Crippen molar-refractivity contribution in [2.24, 2.45) is 0 Å². The highest BCUT2D eigenvalue weighted by Crippen LogP contribution is 2.34. The highest BCUT2D eigenvalue weighted by Gasteiger charge is 2.11. The third-order valence-corrected chi connectivity index (χ3v) is 4.09. The van der Waals surface area contributed by atoms with E-state index in [-0.39, 0.29) is 32.5 Å². The number of thiocarbonyl (C=S) groups is 1. The third-order valence-electron chi connectivity index (χ3n) is 2.78. The number of carbonyl (C=O) groups is 1. The van der Waals surface area contributed by atoms with Gasteiger partial charge in [0.2, 0.25) is 0 Å². The van der Waals surface area contributed by atoms with Crippen LogP contribution >= 0.6 is 58.6 Å². The lowest BCUT2D eigenvalue weighted by atomic mass is 10.3. The number of rotatable bonds is 4. The van der Waals surface area contributed by atoms with Gasteiger partial charge < -0.3 is 15.2 Å². The zero-order valence-corrected chi connectivity index (χ0v) is 16.1. The fourth-order valence-electron chi connectivity index (χ4n) is 1.70. The number of hydrogen-bond donors (Lipinski definition) is 3. The lowest BCUT2D eigenvalue weighted by molar-refractivity contribution is -0.121. The van der Waals surface area contributed by atoms with Crippen LogP contribution in [-0.2, 0) is 4.79 Å². The second kappa shape index (κ2) is 8.78. The minimum Gasteiger partial charge on any atom is -0.505 e. The van der Waals surface area contributed by atoms with Crippen molar-refractivity contribution in [1.29, 1.82) is 0 Å². The number of aromatic hydroxyl groups is 1. The normalized spacial score (nSPS) is 10.2. The molecule has 0 aliphatic carbocycles. The number of halogens is 4. The van der Waals surface area contributed by atoms with Gasteiger partial charge in [0.1, 0.15) is 5.75 Å². The van der Waals surface area contributed by atoms with Gasteiger partial charge in [-0.25, -0.2) is 0 Å². The summed E-state index contributed by atoms with van der Waals surface area (Å²) >= 11 is 28.3. The van der Waals surface area contributed by atoms with Crippen molar-refractivity contribution in [3.63, 3.8) is 0 Å². The zero-order valence-electron chi connectivity index (χ0n) is 12.3. The Bertz CT molecular complexity index is 809. The van der Waals surface area contributed by atoms with E-state index in [4.69, 9.17) is 63.4 Å². The Morgan fingerprint density at radius 2 is 1.72 bits per heavy atom. The molecule has 1 amide bonds. The van der Waals surface area contributed by atoms with Gasteiger partial charge in [-0.1, -0.05) is 46.4 Å². The number of carbonyl (C=O) groups excluding carboxylic acids is 1. The van der Waals surface area contributed by atoms with E-state index in [2.05, 4.69) is 10.6 Å². The van der Waals surface area contributed by atoms with Crippen LogP contribution in [-0.4, -0.2) is 22.7 Å². The molecule has 0 spiro atoms. The number of ether oxygens (including phenoxy) is 1. The van der Waals surface area contributed by atoms with Crippen LogP contribution in [0.15, 0.2) is 30.3 Å². The summed E-state index contributed by atoms with van der Waals surface area (Å²) in [5, 5.41) is 15.5. The predicted octanol–water partition coefficient (Wildman–Crippen LogP) is 4.90. The van der Waals surface area contributed by atoms with E-state index < -0.39 is 5.91 Å². The zero-order chi connectivity index (χ0) is 18.6. The molecule has 2 aromatic carbocycles. The van der Waals surface area contributed by atoms with E-state index in [0.29, 0.717) is 16.5 Å². The van der Waals surface area contributed by atoms with Gasteiger partial charge in [-0.2, -0.15) is 0 Å². The molecule has 0 unspecified atom stereocenters. The van der Waals surface area contributed by atoms with E-state index >= 15 is 0 Å². The fourth-order valence-corrected chi connectivity index (χ4v) is 2.88. The van der Waals surface area contributed by atoms with Crippen molar-refractivity contribution in [3.05, 3.63) is 50.4 Å². The van der Waals surface area contributed by atoms with Gasteiger partial charge in [-0.05, 0) is 42.5 Å². The van der Waals surface area contributed by atoms with Crippen molar-refractivity contribution in [1.82, 2.24) is 5.32 Å². The molecule has 3 N–H and O–H groups in total. The van der Waals surface area contributed by atoms with Crippen LogP contribution in [0, 0.1) is 0 Å². The summed E-state index contributed by atoms with van der Waals surface area (Å²) in [5.41, 5.74) is 0.403. The maximum Gasteiger partial charge on any atom is 0.264 e. The molecule has 0 radical (unpaired) electrons. The summed E-state index contributed by atoms with van der Waals surface area (Å²) in [7, 11) is 0. The monoisotopic (exact) mass is 438 g/mol. The number of hydrogen-bond acceptors (Lipinski definition) is 4. The molecular weight excluding hydrogens is 430 g/mol.